The van der Waals surface area contributed by atoms with Crippen LogP contribution in [0.1, 0.15) is 90.8 Å². The SMILES string of the molecule is C=C(c1nc(C#N)cnc1PCC1CCC(c2cnc(C)c(C(C)=NC)c2)CC1)N(C)C(C)c1ccc(C)c(F)c1. The van der Waals surface area contributed by atoms with Gasteiger partial charge in [0.25, 0.3) is 0 Å². The van der Waals surface area contributed by atoms with Gasteiger partial charge >= 0.3 is 0 Å². The van der Waals surface area contributed by atoms with Crippen molar-refractivity contribution in [3.05, 3.63) is 88.4 Å². The van der Waals surface area contributed by atoms with E-state index in [1.807, 2.05) is 52.0 Å². The first-order chi connectivity index (χ1) is 19.6. The Kier molecular flexibility index (Phi) is 9.99. The van der Waals surface area contributed by atoms with Gasteiger partial charge in [-0.2, -0.15) is 5.26 Å². The maximum absolute atomic E-state index is 14.3. The van der Waals surface area contributed by atoms with Gasteiger partial charge in [-0.25, -0.2) is 9.37 Å². The molecule has 1 aromatic carbocycles. The first kappa shape index (κ1) is 30.5. The molecule has 0 bridgehead atoms. The number of aliphatic imine (C=N–C) groups is 1. The minimum absolute atomic E-state index is 0.124. The van der Waals surface area contributed by atoms with Crippen LogP contribution in [-0.2, 0) is 0 Å². The molecule has 0 radical (unpaired) electrons. The lowest BCUT2D eigenvalue weighted by atomic mass is 9.79. The molecule has 0 aliphatic heterocycles. The summed E-state index contributed by atoms with van der Waals surface area (Å²) in [7, 11) is 4.23. The number of aromatic nitrogens is 3. The third kappa shape index (κ3) is 7.05. The van der Waals surface area contributed by atoms with Crippen molar-refractivity contribution >= 4 is 25.4 Å². The molecule has 41 heavy (non-hydrogen) atoms. The average molecular weight is 571 g/mol. The number of halogens is 1. The van der Waals surface area contributed by atoms with Crippen molar-refractivity contribution in [2.45, 2.75) is 65.3 Å². The number of benzene rings is 1. The van der Waals surface area contributed by atoms with Crippen molar-refractivity contribution in [2.24, 2.45) is 10.9 Å². The standard InChI is InChI=1S/C33H40FN6P/c1-20-8-11-27(15-31(20)34)23(4)40(7)24(5)32-33(38-18-29(16-35)39-32)41-19-25-9-12-26(13-10-25)28-14-30(21(2)36-6)22(3)37-17-28/h8,11,14-15,17-18,23,25-26,41H,5,9-10,12-13,19H2,1-4,6-7H3. The van der Waals surface area contributed by atoms with Crippen LogP contribution in [0, 0.1) is 36.9 Å². The zero-order valence-electron chi connectivity index (χ0n) is 25.0. The molecule has 1 saturated carbocycles. The summed E-state index contributed by atoms with van der Waals surface area (Å²) >= 11 is 0. The monoisotopic (exact) mass is 570 g/mol. The van der Waals surface area contributed by atoms with Gasteiger partial charge in [0.2, 0.25) is 0 Å². The Hall–Kier alpha value is -3.49. The number of pyridine rings is 1. The van der Waals surface area contributed by atoms with Gasteiger partial charge in [0.05, 0.1) is 23.4 Å². The lowest BCUT2D eigenvalue weighted by Crippen LogP contribution is -2.25. The summed E-state index contributed by atoms with van der Waals surface area (Å²) in [6.07, 6.45) is 9.26. The first-order valence-corrected chi connectivity index (χ1v) is 15.4. The molecular weight excluding hydrogens is 530 g/mol. The van der Waals surface area contributed by atoms with Gasteiger partial charge in [0.15, 0.2) is 5.69 Å². The molecule has 2 atom stereocenters. The first-order valence-electron chi connectivity index (χ1n) is 14.2. The number of hydrogen-bond acceptors (Lipinski definition) is 6. The fourth-order valence-electron chi connectivity index (χ4n) is 5.47. The molecule has 1 fully saturated rings. The summed E-state index contributed by atoms with van der Waals surface area (Å²) in [5.74, 6) is 0.922. The fourth-order valence-corrected chi connectivity index (χ4v) is 6.88. The highest BCUT2D eigenvalue weighted by Crippen LogP contribution is 2.38. The van der Waals surface area contributed by atoms with Gasteiger partial charge in [0.1, 0.15) is 17.6 Å². The molecule has 0 N–H and O–H groups in total. The highest BCUT2D eigenvalue weighted by Gasteiger charge is 2.25. The number of rotatable bonds is 9. The van der Waals surface area contributed by atoms with Crippen LogP contribution >= 0.6 is 8.58 Å². The maximum Gasteiger partial charge on any atom is 0.159 e. The number of nitriles is 1. The predicted octanol–water partition coefficient (Wildman–Crippen LogP) is 6.88. The fraction of sp³-hybridized carbons (Fsp3) is 0.424. The molecule has 4 rings (SSSR count). The lowest BCUT2D eigenvalue weighted by Gasteiger charge is -2.30. The van der Waals surface area contributed by atoms with Crippen molar-refractivity contribution in [3.63, 3.8) is 0 Å². The van der Waals surface area contributed by atoms with E-state index in [1.54, 1.807) is 25.3 Å². The van der Waals surface area contributed by atoms with Crippen molar-refractivity contribution in [2.75, 3.05) is 20.3 Å². The Balaban J connectivity index is 1.43. The summed E-state index contributed by atoms with van der Waals surface area (Å²) in [4.78, 5) is 20.3. The predicted molar refractivity (Wildman–Crippen MR) is 168 cm³/mol. The molecule has 2 heterocycles. The van der Waals surface area contributed by atoms with Crippen LogP contribution in [0.5, 0.6) is 0 Å². The van der Waals surface area contributed by atoms with Gasteiger partial charge in [0, 0.05) is 37.3 Å². The molecule has 2 aromatic heterocycles. The van der Waals surface area contributed by atoms with E-state index in [-0.39, 0.29) is 17.6 Å². The third-order valence-electron chi connectivity index (χ3n) is 8.55. The maximum atomic E-state index is 14.3. The quantitative estimate of drug-likeness (QED) is 0.207. The molecule has 0 saturated heterocycles. The zero-order valence-corrected chi connectivity index (χ0v) is 26.0. The highest BCUT2D eigenvalue weighted by molar-refractivity contribution is 7.47. The van der Waals surface area contributed by atoms with Gasteiger partial charge in [-0.15, -0.1) is 0 Å². The minimum atomic E-state index is -0.222. The van der Waals surface area contributed by atoms with E-state index in [0.29, 0.717) is 37.4 Å². The normalized spacial score (nSPS) is 18.3. The van der Waals surface area contributed by atoms with E-state index < -0.39 is 0 Å². The summed E-state index contributed by atoms with van der Waals surface area (Å²) in [5, 5.41) is 9.50. The molecule has 0 spiro atoms. The summed E-state index contributed by atoms with van der Waals surface area (Å²) in [5.41, 5.74) is 8.48. The number of hydrogen-bond donors (Lipinski definition) is 0. The molecule has 0 amide bonds. The van der Waals surface area contributed by atoms with Crippen LogP contribution in [0.25, 0.3) is 5.70 Å². The topological polar surface area (TPSA) is 78.1 Å². The molecule has 8 heteroatoms. The van der Waals surface area contributed by atoms with Crippen LogP contribution in [-0.4, -0.2) is 45.8 Å². The molecular formula is C33H40FN6P. The van der Waals surface area contributed by atoms with E-state index in [1.165, 1.54) is 5.56 Å². The average Bonchev–Trinajstić information content (AvgIpc) is 3.00. The molecule has 1 aliphatic rings. The van der Waals surface area contributed by atoms with Crippen LogP contribution in [0.4, 0.5) is 4.39 Å². The van der Waals surface area contributed by atoms with Gasteiger partial charge < -0.3 is 4.90 Å². The second-order valence-corrected chi connectivity index (χ2v) is 12.4. The molecule has 2 unspecified atom stereocenters. The summed E-state index contributed by atoms with van der Waals surface area (Å²) in [6.45, 7) is 12.2. The van der Waals surface area contributed by atoms with E-state index >= 15 is 0 Å². The Labute approximate surface area is 245 Å². The van der Waals surface area contributed by atoms with Crippen molar-refractivity contribution < 1.29 is 4.39 Å². The van der Waals surface area contributed by atoms with Gasteiger partial charge in [-0.05, 0) is 100 Å². The smallest absolute Gasteiger partial charge is 0.159 e. The second-order valence-electron chi connectivity index (χ2n) is 11.1. The van der Waals surface area contributed by atoms with Crippen LogP contribution in [0.2, 0.25) is 0 Å². The Bertz CT molecular complexity index is 1490. The van der Waals surface area contributed by atoms with Crippen molar-refractivity contribution in [1.29, 1.82) is 5.26 Å². The van der Waals surface area contributed by atoms with Gasteiger partial charge in [-0.3, -0.25) is 15.0 Å². The Morgan fingerprint density at radius 1 is 1.20 bits per heavy atom. The molecule has 6 nitrogen and oxygen atoms in total. The highest BCUT2D eigenvalue weighted by atomic mass is 31.1. The molecule has 214 valence electrons. The van der Waals surface area contributed by atoms with E-state index in [9.17, 15) is 9.65 Å². The Morgan fingerprint density at radius 2 is 1.93 bits per heavy atom. The van der Waals surface area contributed by atoms with E-state index in [0.717, 1.165) is 59.8 Å². The third-order valence-corrected chi connectivity index (χ3v) is 10.0. The van der Waals surface area contributed by atoms with E-state index in [2.05, 4.69) is 38.7 Å². The lowest BCUT2D eigenvalue weighted by molar-refractivity contribution is 0.351. The Morgan fingerprint density at radius 3 is 2.59 bits per heavy atom. The number of nitrogens with zero attached hydrogens (tertiary/aromatic N) is 6. The molecule has 3 aromatic rings. The second kappa shape index (κ2) is 13.4. The van der Waals surface area contributed by atoms with Crippen molar-refractivity contribution in [3.8, 4) is 6.07 Å². The largest absolute Gasteiger partial charge is 0.367 e. The van der Waals surface area contributed by atoms with Crippen LogP contribution < -0.4 is 5.44 Å². The van der Waals surface area contributed by atoms with E-state index in [4.69, 9.17) is 0 Å². The minimum Gasteiger partial charge on any atom is -0.367 e. The van der Waals surface area contributed by atoms with Crippen LogP contribution in [0.15, 0.2) is 48.2 Å². The van der Waals surface area contributed by atoms with Crippen molar-refractivity contribution in [1.82, 2.24) is 19.9 Å². The summed E-state index contributed by atoms with van der Waals surface area (Å²) in [6, 6.07) is 9.58. The zero-order chi connectivity index (χ0) is 29.7. The summed E-state index contributed by atoms with van der Waals surface area (Å²) < 4.78 is 14.3. The molecule has 1 aliphatic carbocycles. The number of aryl methyl sites for hydroxylation is 2. The van der Waals surface area contributed by atoms with Gasteiger partial charge in [-0.1, -0.05) is 27.3 Å². The van der Waals surface area contributed by atoms with Crippen LogP contribution in [0.3, 0.4) is 0 Å².